The Morgan fingerprint density at radius 1 is 1.10 bits per heavy atom. The Bertz CT molecular complexity index is 590. The minimum absolute atomic E-state index is 0.0863. The van der Waals surface area contributed by atoms with Crippen molar-refractivity contribution in [1.29, 1.82) is 0 Å². The lowest BCUT2D eigenvalue weighted by atomic mass is 10.00. The van der Waals surface area contributed by atoms with Gasteiger partial charge in [-0.05, 0) is 32.5 Å². The van der Waals surface area contributed by atoms with Crippen molar-refractivity contribution in [3.63, 3.8) is 0 Å². The first-order valence-corrected chi connectivity index (χ1v) is 7.23. The van der Waals surface area contributed by atoms with Crippen LogP contribution in [0.3, 0.4) is 0 Å². The maximum absolute atomic E-state index is 13.8. The minimum Gasteiger partial charge on any atom is -0.329 e. The summed E-state index contributed by atoms with van der Waals surface area (Å²) in [6, 6.07) is 13.4. The number of benzene rings is 2. The predicted molar refractivity (Wildman–Crippen MR) is 85.6 cm³/mol. The predicted octanol–water partition coefficient (Wildman–Crippen LogP) is 3.57. The average molecular weight is 286 g/mol. The number of hydrogen-bond donors (Lipinski definition) is 1. The lowest BCUT2D eigenvalue weighted by Crippen LogP contribution is -2.30. The normalized spacial score (nSPS) is 12.7. The first-order valence-electron chi connectivity index (χ1n) is 7.23. The van der Waals surface area contributed by atoms with Crippen LogP contribution in [-0.4, -0.2) is 18.5 Å². The van der Waals surface area contributed by atoms with Crippen molar-refractivity contribution in [2.75, 3.05) is 13.6 Å². The number of nitrogens with zero attached hydrogens (tertiary/aromatic N) is 1. The Labute approximate surface area is 126 Å². The molecule has 0 spiro atoms. The maximum Gasteiger partial charge on any atom is 0.127 e. The molecule has 2 aromatic carbocycles. The molecule has 0 aliphatic carbocycles. The highest BCUT2D eigenvalue weighted by molar-refractivity contribution is 5.31. The van der Waals surface area contributed by atoms with Crippen molar-refractivity contribution in [3.05, 3.63) is 70.5 Å². The van der Waals surface area contributed by atoms with E-state index in [4.69, 9.17) is 5.73 Å². The average Bonchev–Trinajstić information content (AvgIpc) is 2.41. The number of aryl methyl sites for hydroxylation is 2. The monoisotopic (exact) mass is 286 g/mol. The van der Waals surface area contributed by atoms with Crippen LogP contribution in [0.5, 0.6) is 0 Å². The molecule has 0 saturated heterocycles. The van der Waals surface area contributed by atoms with Crippen LogP contribution in [0.1, 0.15) is 28.3 Å². The van der Waals surface area contributed by atoms with E-state index in [0.29, 0.717) is 18.7 Å². The van der Waals surface area contributed by atoms with E-state index in [0.717, 1.165) is 0 Å². The molecule has 21 heavy (non-hydrogen) atoms. The van der Waals surface area contributed by atoms with Crippen LogP contribution in [0, 0.1) is 19.7 Å². The molecule has 2 rings (SSSR count). The molecular weight excluding hydrogens is 263 g/mol. The third kappa shape index (κ3) is 3.90. The van der Waals surface area contributed by atoms with E-state index >= 15 is 0 Å². The van der Waals surface area contributed by atoms with Gasteiger partial charge in [0.05, 0.1) is 0 Å². The second-order valence-corrected chi connectivity index (χ2v) is 5.68. The van der Waals surface area contributed by atoms with Crippen LogP contribution in [0.15, 0.2) is 42.5 Å². The molecule has 0 heterocycles. The van der Waals surface area contributed by atoms with E-state index in [1.807, 2.05) is 19.2 Å². The fraction of sp³-hybridized carbons (Fsp3) is 0.333. The molecule has 2 nitrogen and oxygen atoms in total. The molecule has 2 N–H and O–H groups in total. The van der Waals surface area contributed by atoms with Crippen molar-refractivity contribution in [1.82, 2.24) is 4.90 Å². The number of likely N-dealkylation sites (N-methyl/N-ethyl adjacent to an activating group) is 1. The van der Waals surface area contributed by atoms with Gasteiger partial charge in [0, 0.05) is 24.7 Å². The largest absolute Gasteiger partial charge is 0.329 e. The Balaban J connectivity index is 2.22. The summed E-state index contributed by atoms with van der Waals surface area (Å²) in [6.07, 6.45) is 0. The number of halogens is 1. The number of hydrogen-bond acceptors (Lipinski definition) is 2. The van der Waals surface area contributed by atoms with Crippen molar-refractivity contribution in [3.8, 4) is 0 Å². The van der Waals surface area contributed by atoms with E-state index in [1.165, 1.54) is 22.8 Å². The van der Waals surface area contributed by atoms with Crippen molar-refractivity contribution in [2.24, 2.45) is 5.73 Å². The van der Waals surface area contributed by atoms with Crippen molar-refractivity contribution in [2.45, 2.75) is 26.4 Å². The number of rotatable bonds is 5. The molecule has 0 aliphatic rings. The molecule has 0 saturated carbocycles. The summed E-state index contributed by atoms with van der Waals surface area (Å²) in [5.74, 6) is -0.166. The van der Waals surface area contributed by atoms with Crippen LogP contribution in [0.4, 0.5) is 4.39 Å². The zero-order valence-corrected chi connectivity index (χ0v) is 12.9. The second-order valence-electron chi connectivity index (χ2n) is 5.68. The molecule has 0 bridgehead atoms. The zero-order valence-electron chi connectivity index (χ0n) is 12.9. The maximum atomic E-state index is 13.8. The summed E-state index contributed by atoms with van der Waals surface area (Å²) in [6.45, 7) is 5.22. The topological polar surface area (TPSA) is 29.3 Å². The summed E-state index contributed by atoms with van der Waals surface area (Å²) in [5, 5.41) is 0. The molecule has 0 radical (unpaired) electrons. The van der Waals surface area contributed by atoms with Gasteiger partial charge < -0.3 is 5.73 Å². The summed E-state index contributed by atoms with van der Waals surface area (Å²) < 4.78 is 13.8. The van der Waals surface area contributed by atoms with Crippen molar-refractivity contribution < 1.29 is 4.39 Å². The molecule has 0 amide bonds. The first kappa shape index (κ1) is 15.7. The number of nitrogens with two attached hydrogens (primary N) is 1. The third-order valence-electron chi connectivity index (χ3n) is 3.76. The molecule has 0 aliphatic heterocycles. The van der Waals surface area contributed by atoms with Gasteiger partial charge in [-0.25, -0.2) is 4.39 Å². The molecular formula is C18H23FN2. The third-order valence-corrected chi connectivity index (χ3v) is 3.76. The van der Waals surface area contributed by atoms with Crippen LogP contribution in [0.25, 0.3) is 0 Å². The quantitative estimate of drug-likeness (QED) is 0.910. The van der Waals surface area contributed by atoms with Crippen LogP contribution >= 0.6 is 0 Å². The van der Waals surface area contributed by atoms with Gasteiger partial charge in [-0.2, -0.15) is 0 Å². The summed E-state index contributed by atoms with van der Waals surface area (Å²) >= 11 is 0. The smallest absolute Gasteiger partial charge is 0.127 e. The standard InChI is InChI=1S/C18H23FN2/c1-13-8-14(2)10-16(9-13)18(11-20)21(3)12-15-6-4-5-7-17(15)19/h4-10,18H,11-12,20H2,1-3H3. The van der Waals surface area contributed by atoms with Gasteiger partial charge >= 0.3 is 0 Å². The van der Waals surface area contributed by atoms with Crippen LogP contribution in [-0.2, 0) is 6.54 Å². The fourth-order valence-electron chi connectivity index (χ4n) is 2.78. The van der Waals surface area contributed by atoms with Crippen LogP contribution in [0.2, 0.25) is 0 Å². The molecule has 0 aromatic heterocycles. The molecule has 3 heteroatoms. The van der Waals surface area contributed by atoms with Crippen molar-refractivity contribution >= 4 is 0 Å². The van der Waals surface area contributed by atoms with Gasteiger partial charge in [0.1, 0.15) is 5.82 Å². The van der Waals surface area contributed by atoms with E-state index in [-0.39, 0.29) is 11.9 Å². The molecule has 0 fully saturated rings. The Kier molecular flexibility index (Phi) is 5.10. The van der Waals surface area contributed by atoms with Crippen LogP contribution < -0.4 is 5.73 Å². The summed E-state index contributed by atoms with van der Waals surface area (Å²) in [7, 11) is 1.99. The van der Waals surface area contributed by atoms with Gasteiger partial charge in [-0.15, -0.1) is 0 Å². The lowest BCUT2D eigenvalue weighted by Gasteiger charge is -2.28. The Morgan fingerprint density at radius 3 is 2.29 bits per heavy atom. The fourth-order valence-corrected chi connectivity index (χ4v) is 2.78. The summed E-state index contributed by atoms with van der Waals surface area (Å²) in [5.41, 5.74) is 10.3. The first-order chi connectivity index (χ1) is 10.0. The van der Waals surface area contributed by atoms with Gasteiger partial charge in [0.2, 0.25) is 0 Å². The molecule has 2 aromatic rings. The molecule has 112 valence electrons. The highest BCUT2D eigenvalue weighted by Crippen LogP contribution is 2.23. The Morgan fingerprint density at radius 2 is 1.71 bits per heavy atom. The molecule has 1 atom stereocenters. The second kappa shape index (κ2) is 6.83. The highest BCUT2D eigenvalue weighted by Gasteiger charge is 2.17. The van der Waals surface area contributed by atoms with Gasteiger partial charge in [0.15, 0.2) is 0 Å². The lowest BCUT2D eigenvalue weighted by molar-refractivity contribution is 0.238. The Hall–Kier alpha value is -1.71. The van der Waals surface area contributed by atoms with E-state index in [2.05, 4.69) is 36.9 Å². The van der Waals surface area contributed by atoms with Gasteiger partial charge in [-0.1, -0.05) is 47.5 Å². The van der Waals surface area contributed by atoms with Gasteiger partial charge in [0.25, 0.3) is 0 Å². The van der Waals surface area contributed by atoms with E-state index < -0.39 is 0 Å². The minimum atomic E-state index is -0.166. The zero-order chi connectivity index (χ0) is 15.4. The SMILES string of the molecule is Cc1cc(C)cc(C(CN)N(C)Cc2ccccc2F)c1. The molecule has 1 unspecified atom stereocenters. The van der Waals surface area contributed by atoms with E-state index in [1.54, 1.807) is 6.07 Å². The highest BCUT2D eigenvalue weighted by atomic mass is 19.1. The van der Waals surface area contributed by atoms with E-state index in [9.17, 15) is 4.39 Å². The van der Waals surface area contributed by atoms with Gasteiger partial charge in [-0.3, -0.25) is 4.90 Å². The summed E-state index contributed by atoms with van der Waals surface area (Å²) in [4.78, 5) is 2.10.